The zero-order chi connectivity index (χ0) is 19.1. The molecule has 0 saturated carbocycles. The number of nitrogens with zero attached hydrogens (tertiary/aromatic N) is 3. The van der Waals surface area contributed by atoms with Gasteiger partial charge in [-0.05, 0) is 24.3 Å². The maximum atomic E-state index is 12.1. The summed E-state index contributed by atoms with van der Waals surface area (Å²) in [7, 11) is 1.73. The molecule has 0 unspecified atom stereocenters. The molecule has 2 N–H and O–H groups in total. The molecular weight excluding hydrogens is 489 g/mol. The number of benzene rings is 2. The Morgan fingerprint density at radius 2 is 1.68 bits per heavy atom. The van der Waals surface area contributed by atoms with Gasteiger partial charge in [0.25, 0.3) is 0 Å². The fourth-order valence-corrected chi connectivity index (χ4v) is 3.34. The second-order valence-electron chi connectivity index (χ2n) is 6.24. The molecule has 2 aromatic rings. The van der Waals surface area contributed by atoms with Crippen molar-refractivity contribution in [1.29, 1.82) is 0 Å². The predicted molar refractivity (Wildman–Crippen MR) is 127 cm³/mol. The number of halogens is 2. The van der Waals surface area contributed by atoms with E-state index in [2.05, 4.69) is 25.4 Å². The van der Waals surface area contributed by atoms with Gasteiger partial charge in [-0.1, -0.05) is 41.9 Å². The molecule has 2 aromatic carbocycles. The molecule has 150 valence electrons. The van der Waals surface area contributed by atoms with E-state index < -0.39 is 0 Å². The average molecular weight is 514 g/mol. The number of hydrogen-bond acceptors (Lipinski definition) is 3. The van der Waals surface area contributed by atoms with E-state index in [4.69, 9.17) is 11.6 Å². The molecule has 6 nitrogen and oxygen atoms in total. The molecule has 1 amide bonds. The number of piperazine rings is 1. The van der Waals surface area contributed by atoms with Crippen molar-refractivity contribution in [1.82, 2.24) is 10.2 Å². The molecule has 0 bridgehead atoms. The molecule has 8 heteroatoms. The molecule has 3 rings (SSSR count). The SMILES string of the molecule is CN=C(NCC(=O)Nc1ccccc1)N1CCN(c2ccccc2Cl)CC1.I. The van der Waals surface area contributed by atoms with E-state index in [1.165, 1.54) is 0 Å². The standard InChI is InChI=1S/C20H24ClN5O.HI/c1-22-20(23-15-19(27)24-16-7-3-2-4-8-16)26-13-11-25(12-14-26)18-10-6-5-9-17(18)21;/h2-10H,11-15H2,1H3,(H,22,23)(H,24,27);1H. The van der Waals surface area contributed by atoms with Crippen molar-refractivity contribution in [2.24, 2.45) is 4.99 Å². The van der Waals surface area contributed by atoms with Gasteiger partial charge in [-0.2, -0.15) is 0 Å². The first-order valence-corrected chi connectivity index (χ1v) is 9.35. The van der Waals surface area contributed by atoms with Crippen molar-refractivity contribution in [2.45, 2.75) is 0 Å². The Labute approximate surface area is 188 Å². The normalized spacial score (nSPS) is 14.3. The maximum Gasteiger partial charge on any atom is 0.243 e. The topological polar surface area (TPSA) is 60.0 Å². The number of anilines is 2. The number of aliphatic imine (C=N–C) groups is 1. The van der Waals surface area contributed by atoms with E-state index in [1.54, 1.807) is 7.05 Å². The summed E-state index contributed by atoms with van der Waals surface area (Å²) in [5.74, 6) is 0.633. The third-order valence-corrected chi connectivity index (χ3v) is 4.77. The largest absolute Gasteiger partial charge is 0.367 e. The second-order valence-corrected chi connectivity index (χ2v) is 6.65. The van der Waals surface area contributed by atoms with Crippen LogP contribution in [-0.2, 0) is 4.79 Å². The summed E-state index contributed by atoms with van der Waals surface area (Å²) in [5.41, 5.74) is 1.84. The highest BCUT2D eigenvalue weighted by atomic mass is 127. The van der Waals surface area contributed by atoms with Crippen LogP contribution in [0.1, 0.15) is 0 Å². The first-order valence-electron chi connectivity index (χ1n) is 8.97. The summed E-state index contributed by atoms with van der Waals surface area (Å²) in [6.45, 7) is 3.49. The highest BCUT2D eigenvalue weighted by Crippen LogP contribution is 2.25. The summed E-state index contributed by atoms with van der Waals surface area (Å²) in [6.07, 6.45) is 0. The number of para-hydroxylation sites is 2. The molecule has 1 aliphatic rings. The number of carbonyl (C=O) groups is 1. The zero-order valence-electron chi connectivity index (χ0n) is 15.8. The third kappa shape index (κ3) is 6.00. The van der Waals surface area contributed by atoms with Gasteiger partial charge in [0, 0.05) is 38.9 Å². The molecule has 0 aromatic heterocycles. The second kappa shape index (κ2) is 11.1. The fraction of sp³-hybridized carbons (Fsp3) is 0.300. The van der Waals surface area contributed by atoms with Crippen molar-refractivity contribution in [2.75, 3.05) is 50.0 Å². The van der Waals surface area contributed by atoms with Gasteiger partial charge in [-0.25, -0.2) is 0 Å². The molecule has 0 spiro atoms. The Bertz CT molecular complexity index is 794. The van der Waals surface area contributed by atoms with Crippen LogP contribution in [0.15, 0.2) is 59.6 Å². The first-order chi connectivity index (χ1) is 13.2. The van der Waals surface area contributed by atoms with Gasteiger partial charge in [0.1, 0.15) is 0 Å². The number of nitrogens with one attached hydrogen (secondary N) is 2. The molecule has 0 radical (unpaired) electrons. The Morgan fingerprint density at radius 3 is 2.32 bits per heavy atom. The van der Waals surface area contributed by atoms with Crippen LogP contribution >= 0.6 is 35.6 Å². The number of guanidine groups is 1. The highest BCUT2D eigenvalue weighted by Gasteiger charge is 2.21. The van der Waals surface area contributed by atoms with Gasteiger partial charge < -0.3 is 20.4 Å². The molecular formula is C20H25ClIN5O. The summed E-state index contributed by atoms with van der Waals surface area (Å²) in [5, 5.41) is 6.78. The Morgan fingerprint density at radius 1 is 1.04 bits per heavy atom. The van der Waals surface area contributed by atoms with E-state index in [0.717, 1.165) is 48.5 Å². The minimum absolute atomic E-state index is 0. The van der Waals surface area contributed by atoms with E-state index >= 15 is 0 Å². The lowest BCUT2D eigenvalue weighted by Crippen LogP contribution is -2.53. The van der Waals surface area contributed by atoms with Crippen LogP contribution < -0.4 is 15.5 Å². The summed E-state index contributed by atoms with van der Waals surface area (Å²) >= 11 is 6.30. The lowest BCUT2D eigenvalue weighted by Gasteiger charge is -2.38. The maximum absolute atomic E-state index is 12.1. The molecule has 1 fully saturated rings. The molecule has 0 atom stereocenters. The molecule has 1 aliphatic heterocycles. The van der Waals surface area contributed by atoms with Crippen molar-refractivity contribution in [3.8, 4) is 0 Å². The smallest absolute Gasteiger partial charge is 0.243 e. The van der Waals surface area contributed by atoms with Gasteiger partial charge in [-0.15, -0.1) is 24.0 Å². The van der Waals surface area contributed by atoms with Crippen molar-refractivity contribution >= 4 is 58.8 Å². The summed E-state index contributed by atoms with van der Waals surface area (Å²) in [6, 6.07) is 17.3. The van der Waals surface area contributed by atoms with Crippen LogP contribution in [0.25, 0.3) is 0 Å². The van der Waals surface area contributed by atoms with Gasteiger partial charge in [0.05, 0.1) is 17.3 Å². The Hall–Kier alpha value is -2.00. The lowest BCUT2D eigenvalue weighted by atomic mass is 10.2. The fourth-order valence-electron chi connectivity index (χ4n) is 3.09. The highest BCUT2D eigenvalue weighted by molar-refractivity contribution is 14.0. The van der Waals surface area contributed by atoms with E-state index in [1.807, 2.05) is 54.6 Å². The number of hydrogen-bond donors (Lipinski definition) is 2. The van der Waals surface area contributed by atoms with Gasteiger partial charge >= 0.3 is 0 Å². The molecule has 0 aliphatic carbocycles. The van der Waals surface area contributed by atoms with E-state index in [9.17, 15) is 4.79 Å². The summed E-state index contributed by atoms with van der Waals surface area (Å²) in [4.78, 5) is 20.9. The van der Waals surface area contributed by atoms with Crippen molar-refractivity contribution < 1.29 is 4.79 Å². The van der Waals surface area contributed by atoms with Crippen molar-refractivity contribution in [3.05, 3.63) is 59.6 Å². The van der Waals surface area contributed by atoms with Gasteiger partial charge in [0.15, 0.2) is 5.96 Å². The van der Waals surface area contributed by atoms with Crippen LogP contribution in [-0.4, -0.2) is 56.5 Å². The van der Waals surface area contributed by atoms with Crippen molar-refractivity contribution in [3.63, 3.8) is 0 Å². The lowest BCUT2D eigenvalue weighted by molar-refractivity contribution is -0.115. The zero-order valence-corrected chi connectivity index (χ0v) is 18.9. The number of rotatable bonds is 4. The molecule has 1 saturated heterocycles. The van der Waals surface area contributed by atoms with Crippen LogP contribution in [0, 0.1) is 0 Å². The van der Waals surface area contributed by atoms with Crippen LogP contribution in [0.3, 0.4) is 0 Å². The van der Waals surface area contributed by atoms with E-state index in [0.29, 0.717) is 0 Å². The summed E-state index contributed by atoms with van der Waals surface area (Å²) < 4.78 is 0. The van der Waals surface area contributed by atoms with Gasteiger partial charge in [0.2, 0.25) is 5.91 Å². The molecule has 1 heterocycles. The van der Waals surface area contributed by atoms with E-state index in [-0.39, 0.29) is 36.4 Å². The Kier molecular flexibility index (Phi) is 8.85. The molecule has 28 heavy (non-hydrogen) atoms. The average Bonchev–Trinajstić information content (AvgIpc) is 2.70. The minimum atomic E-state index is -0.1000. The Balaban J connectivity index is 0.00000280. The quantitative estimate of drug-likeness (QED) is 0.374. The van der Waals surface area contributed by atoms with Crippen LogP contribution in [0.2, 0.25) is 5.02 Å². The number of carbonyl (C=O) groups excluding carboxylic acids is 1. The van der Waals surface area contributed by atoms with Crippen LogP contribution in [0.5, 0.6) is 0 Å². The third-order valence-electron chi connectivity index (χ3n) is 4.45. The number of amides is 1. The predicted octanol–water partition coefficient (Wildman–Crippen LogP) is 3.29. The first kappa shape index (κ1) is 22.3. The van der Waals surface area contributed by atoms with Crippen LogP contribution in [0.4, 0.5) is 11.4 Å². The monoisotopic (exact) mass is 513 g/mol. The minimum Gasteiger partial charge on any atom is -0.367 e. The van der Waals surface area contributed by atoms with Gasteiger partial charge in [-0.3, -0.25) is 9.79 Å².